The monoisotopic (exact) mass is 491 g/mol. The smallest absolute Gasteiger partial charge is 0.444 e. The maximum atomic E-state index is 12.2. The molecule has 0 bridgehead atoms. The Morgan fingerprint density at radius 1 is 1.09 bits per heavy atom. The summed E-state index contributed by atoms with van der Waals surface area (Å²) < 4.78 is 31.8. The molecule has 0 N–H and O–H groups in total. The molecule has 3 heterocycles. The molecule has 1 aromatic rings. The van der Waals surface area contributed by atoms with E-state index in [9.17, 15) is 4.79 Å². The molecule has 1 aliphatic carbocycles. The van der Waals surface area contributed by atoms with Crippen LogP contribution in [0.4, 0.5) is 4.79 Å². The normalized spacial score (nSPS) is 26.6. The molecule has 10 heteroatoms. The second-order valence-corrected chi connectivity index (χ2v) is 12.0. The number of amides is 1. The van der Waals surface area contributed by atoms with E-state index in [2.05, 4.69) is 5.10 Å². The molecule has 3 aliphatic rings. The number of hydrogen-bond donors (Lipinski definition) is 0. The number of likely N-dealkylation sites (tertiary alicyclic amines) is 1. The minimum absolute atomic E-state index is 0.206. The number of piperidine rings is 1. The van der Waals surface area contributed by atoms with Gasteiger partial charge in [-0.05, 0) is 74.1 Å². The van der Waals surface area contributed by atoms with Crippen molar-refractivity contribution >= 4 is 18.7 Å². The van der Waals surface area contributed by atoms with Crippen LogP contribution in [-0.4, -0.2) is 82.7 Å². The third-order valence-corrected chi connectivity index (χ3v) is 7.38. The summed E-state index contributed by atoms with van der Waals surface area (Å²) in [5, 5.41) is 4.44. The first kappa shape index (κ1) is 26.4. The molecule has 0 aromatic carbocycles. The summed E-state index contributed by atoms with van der Waals surface area (Å²) in [5.74, 6) is 0. The van der Waals surface area contributed by atoms with E-state index in [4.69, 9.17) is 23.5 Å². The predicted molar refractivity (Wildman–Crippen MR) is 133 cm³/mol. The lowest BCUT2D eigenvalue weighted by Crippen LogP contribution is -2.46. The Kier molecular flexibility index (Phi) is 7.58. The van der Waals surface area contributed by atoms with Crippen LogP contribution in [-0.2, 0) is 30.1 Å². The molecule has 35 heavy (non-hydrogen) atoms. The van der Waals surface area contributed by atoms with Crippen LogP contribution in [0.2, 0.25) is 0 Å². The van der Waals surface area contributed by atoms with Crippen LogP contribution in [0.5, 0.6) is 0 Å². The molecule has 0 atom stereocenters. The van der Waals surface area contributed by atoms with Gasteiger partial charge in [-0.25, -0.2) is 4.79 Å². The Labute approximate surface area is 209 Å². The van der Waals surface area contributed by atoms with E-state index in [-0.39, 0.29) is 35.6 Å². The largest absolute Gasteiger partial charge is 0.498 e. The van der Waals surface area contributed by atoms with Crippen LogP contribution >= 0.6 is 0 Å². The quantitative estimate of drug-likeness (QED) is 0.542. The molecule has 1 aromatic heterocycles. The zero-order valence-corrected chi connectivity index (χ0v) is 22.4. The first-order chi connectivity index (χ1) is 16.3. The highest BCUT2D eigenvalue weighted by atomic mass is 16.7. The van der Waals surface area contributed by atoms with Crippen molar-refractivity contribution in [2.45, 2.75) is 116 Å². The number of aromatic nitrogens is 2. The zero-order chi connectivity index (χ0) is 25.4. The van der Waals surface area contributed by atoms with E-state index in [1.807, 2.05) is 65.5 Å². The average molecular weight is 491 g/mol. The van der Waals surface area contributed by atoms with Crippen molar-refractivity contribution in [3.05, 3.63) is 12.4 Å². The van der Waals surface area contributed by atoms with Gasteiger partial charge in [0.1, 0.15) is 5.60 Å². The maximum Gasteiger partial charge on any atom is 0.498 e. The van der Waals surface area contributed by atoms with E-state index in [1.165, 1.54) is 0 Å². The van der Waals surface area contributed by atoms with E-state index >= 15 is 0 Å². The molecule has 0 spiro atoms. The van der Waals surface area contributed by atoms with Gasteiger partial charge in [0.15, 0.2) is 0 Å². The Morgan fingerprint density at radius 2 is 1.71 bits per heavy atom. The number of ether oxygens (including phenoxy) is 3. The standard InChI is InChI=1S/C25H42BN3O6/c1-23(2,3)33-22(30)28-10-8-19(9-11-28)32-21-14-20(15-21)31-13-12-29-17-18(16-27-29)26-34-24(4,5)25(6,7)35-26/h16-17,19-21H,8-15H2,1-7H3/t20-,21-. The molecular formula is C25H42BN3O6. The lowest BCUT2D eigenvalue weighted by atomic mass is 9.82. The highest BCUT2D eigenvalue weighted by Crippen LogP contribution is 2.36. The van der Waals surface area contributed by atoms with Crippen molar-refractivity contribution in [3.63, 3.8) is 0 Å². The van der Waals surface area contributed by atoms with Gasteiger partial charge in [-0.1, -0.05) is 0 Å². The zero-order valence-electron chi connectivity index (χ0n) is 22.4. The lowest BCUT2D eigenvalue weighted by Gasteiger charge is -2.40. The van der Waals surface area contributed by atoms with Crippen molar-refractivity contribution in [1.29, 1.82) is 0 Å². The van der Waals surface area contributed by atoms with E-state index in [1.54, 1.807) is 4.90 Å². The van der Waals surface area contributed by atoms with Crippen LogP contribution in [0.3, 0.4) is 0 Å². The summed E-state index contributed by atoms with van der Waals surface area (Å²) >= 11 is 0. The molecule has 2 saturated heterocycles. The first-order valence-corrected chi connectivity index (χ1v) is 12.9. The number of carbonyl (C=O) groups excluding carboxylic acids is 1. The molecule has 1 saturated carbocycles. The average Bonchev–Trinajstić information content (AvgIpc) is 3.27. The molecule has 196 valence electrons. The number of carbonyl (C=O) groups is 1. The Hall–Kier alpha value is -1.62. The summed E-state index contributed by atoms with van der Waals surface area (Å²) in [6, 6.07) is 0. The van der Waals surface area contributed by atoms with Gasteiger partial charge in [0.2, 0.25) is 0 Å². The Morgan fingerprint density at radius 3 is 2.31 bits per heavy atom. The minimum Gasteiger partial charge on any atom is -0.444 e. The second-order valence-electron chi connectivity index (χ2n) is 12.0. The highest BCUT2D eigenvalue weighted by molar-refractivity contribution is 6.61. The van der Waals surface area contributed by atoms with Crippen molar-refractivity contribution in [2.24, 2.45) is 0 Å². The van der Waals surface area contributed by atoms with E-state index in [0.717, 1.165) is 31.1 Å². The van der Waals surface area contributed by atoms with Gasteiger partial charge in [0.25, 0.3) is 0 Å². The molecular weight excluding hydrogens is 449 g/mol. The number of nitrogens with zero attached hydrogens (tertiary/aromatic N) is 3. The molecule has 4 rings (SSSR count). The third-order valence-electron chi connectivity index (χ3n) is 7.38. The van der Waals surface area contributed by atoms with Gasteiger partial charge in [-0.3, -0.25) is 4.68 Å². The SMILES string of the molecule is CC(C)(C)OC(=O)N1CCC(O[C@H]2C[C@H](OCCn3cc(B4OC(C)(C)C(C)(C)O4)cn3)C2)CC1. The van der Waals surface area contributed by atoms with Gasteiger partial charge < -0.3 is 28.4 Å². The molecule has 2 aliphatic heterocycles. The Bertz CT molecular complexity index is 853. The molecule has 9 nitrogen and oxygen atoms in total. The number of hydrogen-bond acceptors (Lipinski definition) is 7. The molecule has 1 amide bonds. The van der Waals surface area contributed by atoms with Crippen molar-refractivity contribution < 1.29 is 28.3 Å². The molecule has 3 fully saturated rings. The van der Waals surface area contributed by atoms with Gasteiger partial charge in [0, 0.05) is 30.9 Å². The fourth-order valence-electron chi connectivity index (χ4n) is 4.45. The van der Waals surface area contributed by atoms with Crippen molar-refractivity contribution in [1.82, 2.24) is 14.7 Å². The van der Waals surface area contributed by atoms with Crippen LogP contribution in [0.1, 0.15) is 74.1 Å². The highest BCUT2D eigenvalue weighted by Gasteiger charge is 2.52. The van der Waals surface area contributed by atoms with E-state index < -0.39 is 12.7 Å². The summed E-state index contributed by atoms with van der Waals surface area (Å²) in [7, 11) is -0.393. The van der Waals surface area contributed by atoms with Gasteiger partial charge in [0.05, 0.1) is 42.7 Å². The fourth-order valence-corrected chi connectivity index (χ4v) is 4.45. The van der Waals surface area contributed by atoms with Gasteiger partial charge in [-0.15, -0.1) is 0 Å². The molecule has 0 radical (unpaired) electrons. The Balaban J connectivity index is 1.09. The lowest BCUT2D eigenvalue weighted by molar-refractivity contribution is -0.135. The minimum atomic E-state index is -0.460. The first-order valence-electron chi connectivity index (χ1n) is 12.9. The van der Waals surface area contributed by atoms with Crippen LogP contribution in [0, 0.1) is 0 Å². The van der Waals surface area contributed by atoms with Crippen LogP contribution in [0.25, 0.3) is 0 Å². The van der Waals surface area contributed by atoms with Crippen LogP contribution < -0.4 is 5.46 Å². The third kappa shape index (κ3) is 6.58. The summed E-state index contributed by atoms with van der Waals surface area (Å²) in [6.07, 6.45) is 7.79. The summed E-state index contributed by atoms with van der Waals surface area (Å²) in [6.45, 7) is 16.5. The number of rotatable bonds is 7. The van der Waals surface area contributed by atoms with Gasteiger partial charge >= 0.3 is 13.2 Å². The topological polar surface area (TPSA) is 84.3 Å². The second kappa shape index (κ2) is 10.0. The summed E-state index contributed by atoms with van der Waals surface area (Å²) in [4.78, 5) is 14.0. The maximum absolute atomic E-state index is 12.2. The predicted octanol–water partition coefficient (Wildman–Crippen LogP) is 3.15. The van der Waals surface area contributed by atoms with Crippen LogP contribution in [0.15, 0.2) is 12.4 Å². The van der Waals surface area contributed by atoms with E-state index in [0.29, 0.717) is 26.2 Å². The van der Waals surface area contributed by atoms with Crippen molar-refractivity contribution in [2.75, 3.05) is 19.7 Å². The fraction of sp³-hybridized carbons (Fsp3) is 0.840. The molecule has 0 unspecified atom stereocenters. The van der Waals surface area contributed by atoms with Gasteiger partial charge in [-0.2, -0.15) is 5.10 Å². The van der Waals surface area contributed by atoms with Crippen molar-refractivity contribution in [3.8, 4) is 0 Å². The summed E-state index contributed by atoms with van der Waals surface area (Å²) in [5.41, 5.74) is -0.252.